The van der Waals surface area contributed by atoms with Gasteiger partial charge in [0.25, 0.3) is 0 Å². The van der Waals surface area contributed by atoms with Crippen LogP contribution in [0.5, 0.6) is 0 Å². The Labute approximate surface area is 95.6 Å². The van der Waals surface area contributed by atoms with E-state index >= 15 is 0 Å². The van der Waals surface area contributed by atoms with Gasteiger partial charge >= 0.3 is 0 Å². The topological polar surface area (TPSA) is 0 Å². The first-order valence-corrected chi connectivity index (χ1v) is 6.56. The van der Waals surface area contributed by atoms with Gasteiger partial charge in [-0.15, -0.1) is 0 Å². The van der Waals surface area contributed by atoms with Crippen LogP contribution < -0.4 is 0 Å². The summed E-state index contributed by atoms with van der Waals surface area (Å²) in [7, 11) is 0. The molecule has 0 amide bonds. The van der Waals surface area contributed by atoms with Crippen LogP contribution in [0.1, 0.15) is 44.9 Å². The molecule has 0 nitrogen and oxygen atoms in total. The fraction of sp³-hybridized carbons (Fsp3) is 1.00. The van der Waals surface area contributed by atoms with E-state index in [-0.39, 0.29) is 5.92 Å². The number of alkyl halides is 3. The molecule has 2 rings (SSSR count). The molecule has 2 saturated carbocycles. The second-order valence-corrected chi connectivity index (χ2v) is 5.48. The molecule has 0 aromatic rings. The van der Waals surface area contributed by atoms with Gasteiger partial charge in [0.1, 0.15) is 12.3 Å². The zero-order valence-electron chi connectivity index (χ0n) is 9.68. The van der Waals surface area contributed by atoms with Crippen molar-refractivity contribution in [3.8, 4) is 0 Å². The van der Waals surface area contributed by atoms with Gasteiger partial charge in [-0.1, -0.05) is 32.1 Å². The third kappa shape index (κ3) is 2.54. The summed E-state index contributed by atoms with van der Waals surface area (Å²) in [5, 5.41) is 0. The lowest BCUT2D eigenvalue weighted by molar-refractivity contribution is 0.00730. The molecular formula is C13H21F3. The fourth-order valence-corrected chi connectivity index (χ4v) is 3.43. The summed E-state index contributed by atoms with van der Waals surface area (Å²) in [4.78, 5) is 0. The Kier molecular flexibility index (Phi) is 4.15. The van der Waals surface area contributed by atoms with Gasteiger partial charge in [0, 0.05) is 5.92 Å². The zero-order chi connectivity index (χ0) is 11.5. The quantitative estimate of drug-likeness (QED) is 0.670. The second-order valence-electron chi connectivity index (χ2n) is 5.48. The lowest BCUT2D eigenvalue weighted by Gasteiger charge is -2.38. The van der Waals surface area contributed by atoms with E-state index in [9.17, 15) is 13.2 Å². The van der Waals surface area contributed by atoms with Crippen molar-refractivity contribution in [2.45, 2.75) is 57.3 Å². The second kappa shape index (κ2) is 5.42. The molecule has 2 aliphatic carbocycles. The maximum Gasteiger partial charge on any atom is 0.108 e. The Hall–Kier alpha value is -0.210. The summed E-state index contributed by atoms with van der Waals surface area (Å²) >= 11 is 0. The Morgan fingerprint density at radius 3 is 1.88 bits per heavy atom. The summed E-state index contributed by atoms with van der Waals surface area (Å²) in [6, 6.07) is 0. The maximum atomic E-state index is 13.6. The molecule has 2 fully saturated rings. The predicted molar refractivity (Wildman–Crippen MR) is 58.6 cm³/mol. The molecule has 2 unspecified atom stereocenters. The molecule has 2 aliphatic rings. The molecule has 0 spiro atoms. The van der Waals surface area contributed by atoms with E-state index in [4.69, 9.17) is 0 Å². The Morgan fingerprint density at radius 1 is 0.812 bits per heavy atom. The molecule has 0 N–H and O–H groups in total. The molecule has 0 aliphatic heterocycles. The largest absolute Gasteiger partial charge is 0.251 e. The van der Waals surface area contributed by atoms with Gasteiger partial charge in [0.05, 0.1) is 6.67 Å². The SMILES string of the molecule is FCC1C(F)CC(C2CCCCC2)CC1F. The average molecular weight is 234 g/mol. The molecule has 0 radical (unpaired) electrons. The molecule has 94 valence electrons. The van der Waals surface area contributed by atoms with Crippen LogP contribution in [0.3, 0.4) is 0 Å². The normalized spacial score (nSPS) is 42.2. The van der Waals surface area contributed by atoms with Crippen molar-refractivity contribution in [1.82, 2.24) is 0 Å². The van der Waals surface area contributed by atoms with Gasteiger partial charge in [-0.3, -0.25) is 4.39 Å². The van der Waals surface area contributed by atoms with Crippen molar-refractivity contribution in [2.24, 2.45) is 17.8 Å². The average Bonchev–Trinajstić information content (AvgIpc) is 2.30. The minimum absolute atomic E-state index is 0.160. The van der Waals surface area contributed by atoms with E-state index in [1.165, 1.54) is 19.3 Å². The molecule has 16 heavy (non-hydrogen) atoms. The van der Waals surface area contributed by atoms with Crippen molar-refractivity contribution in [3.63, 3.8) is 0 Å². The molecule has 2 atom stereocenters. The third-order valence-corrected chi connectivity index (χ3v) is 4.48. The van der Waals surface area contributed by atoms with Crippen molar-refractivity contribution in [3.05, 3.63) is 0 Å². The van der Waals surface area contributed by atoms with Gasteiger partial charge in [0.2, 0.25) is 0 Å². The standard InChI is InChI=1S/C13H21F3/c14-8-11-12(15)6-10(7-13(11)16)9-4-2-1-3-5-9/h9-13H,1-8H2. The zero-order valence-corrected chi connectivity index (χ0v) is 9.68. The molecule has 3 heteroatoms. The molecule has 0 heterocycles. The summed E-state index contributed by atoms with van der Waals surface area (Å²) < 4.78 is 39.7. The van der Waals surface area contributed by atoms with Crippen molar-refractivity contribution in [2.75, 3.05) is 6.67 Å². The molecule has 0 aromatic carbocycles. The third-order valence-electron chi connectivity index (χ3n) is 4.48. The van der Waals surface area contributed by atoms with Crippen molar-refractivity contribution < 1.29 is 13.2 Å². The minimum atomic E-state index is -1.26. The summed E-state index contributed by atoms with van der Waals surface area (Å²) in [6.45, 7) is -0.848. The van der Waals surface area contributed by atoms with Crippen molar-refractivity contribution >= 4 is 0 Å². The van der Waals surface area contributed by atoms with Crippen LogP contribution in [0.25, 0.3) is 0 Å². The highest BCUT2D eigenvalue weighted by Crippen LogP contribution is 2.42. The molecular weight excluding hydrogens is 213 g/mol. The maximum absolute atomic E-state index is 13.6. The number of rotatable bonds is 2. The van der Waals surface area contributed by atoms with E-state index < -0.39 is 24.9 Å². The Balaban J connectivity index is 1.92. The highest BCUT2D eigenvalue weighted by Gasteiger charge is 2.41. The van der Waals surface area contributed by atoms with Gasteiger partial charge in [0.15, 0.2) is 0 Å². The van der Waals surface area contributed by atoms with Crippen LogP contribution >= 0.6 is 0 Å². The van der Waals surface area contributed by atoms with Crippen LogP contribution in [0.2, 0.25) is 0 Å². The number of hydrogen-bond acceptors (Lipinski definition) is 0. The van der Waals surface area contributed by atoms with Crippen LogP contribution in [0.4, 0.5) is 13.2 Å². The molecule has 0 aromatic heterocycles. The minimum Gasteiger partial charge on any atom is -0.251 e. The van der Waals surface area contributed by atoms with Crippen molar-refractivity contribution in [1.29, 1.82) is 0 Å². The van der Waals surface area contributed by atoms with E-state index in [0.717, 1.165) is 12.8 Å². The summed E-state index contributed by atoms with van der Waals surface area (Å²) in [5.74, 6) is -0.334. The summed E-state index contributed by atoms with van der Waals surface area (Å²) in [6.07, 6.45) is 4.13. The van der Waals surface area contributed by atoms with E-state index in [1.807, 2.05) is 0 Å². The number of halogens is 3. The van der Waals surface area contributed by atoms with Gasteiger partial charge in [-0.05, 0) is 24.7 Å². The molecule has 0 saturated heterocycles. The number of hydrogen-bond donors (Lipinski definition) is 0. The molecule has 0 bridgehead atoms. The van der Waals surface area contributed by atoms with Crippen LogP contribution in [0, 0.1) is 17.8 Å². The van der Waals surface area contributed by atoms with Crippen LogP contribution in [-0.4, -0.2) is 19.0 Å². The Bertz CT molecular complexity index is 201. The van der Waals surface area contributed by atoms with E-state index in [1.54, 1.807) is 0 Å². The highest BCUT2D eigenvalue weighted by molar-refractivity contribution is 4.89. The van der Waals surface area contributed by atoms with E-state index in [2.05, 4.69) is 0 Å². The Morgan fingerprint density at radius 2 is 1.38 bits per heavy atom. The van der Waals surface area contributed by atoms with Gasteiger partial charge in [-0.25, -0.2) is 8.78 Å². The smallest absolute Gasteiger partial charge is 0.108 e. The van der Waals surface area contributed by atoms with Crippen LogP contribution in [-0.2, 0) is 0 Å². The summed E-state index contributed by atoms with van der Waals surface area (Å²) in [5.41, 5.74) is 0. The van der Waals surface area contributed by atoms with Crippen LogP contribution in [0.15, 0.2) is 0 Å². The van der Waals surface area contributed by atoms with Gasteiger partial charge < -0.3 is 0 Å². The first-order chi connectivity index (χ1) is 7.72. The fourth-order valence-electron chi connectivity index (χ4n) is 3.43. The predicted octanol–water partition coefficient (Wildman–Crippen LogP) is 4.24. The lowest BCUT2D eigenvalue weighted by Crippen LogP contribution is -2.39. The van der Waals surface area contributed by atoms with Gasteiger partial charge in [-0.2, -0.15) is 0 Å². The highest BCUT2D eigenvalue weighted by atomic mass is 19.2. The lowest BCUT2D eigenvalue weighted by atomic mass is 9.70. The monoisotopic (exact) mass is 234 g/mol. The first kappa shape index (κ1) is 12.3. The van der Waals surface area contributed by atoms with E-state index in [0.29, 0.717) is 18.8 Å². The first-order valence-electron chi connectivity index (χ1n) is 6.56.